The SMILES string of the molecule is COC(=O)c1ccc(CCn2cnc3c(-c4cnc(N)nc4)nc(N4CCOCC4)nc32)cc1. The van der Waals surface area contributed by atoms with E-state index in [4.69, 9.17) is 25.2 Å². The summed E-state index contributed by atoms with van der Waals surface area (Å²) in [5.41, 5.74) is 10.1. The van der Waals surface area contributed by atoms with Crippen molar-refractivity contribution in [1.29, 1.82) is 0 Å². The van der Waals surface area contributed by atoms with Gasteiger partial charge in [-0.3, -0.25) is 0 Å². The molecule has 0 spiro atoms. The maximum absolute atomic E-state index is 11.7. The number of morpholine rings is 1. The number of hydrogen-bond donors (Lipinski definition) is 1. The van der Waals surface area contributed by atoms with E-state index in [1.54, 1.807) is 30.9 Å². The minimum Gasteiger partial charge on any atom is -0.465 e. The van der Waals surface area contributed by atoms with Crippen LogP contribution >= 0.6 is 0 Å². The highest BCUT2D eigenvalue weighted by Gasteiger charge is 2.20. The summed E-state index contributed by atoms with van der Waals surface area (Å²) in [6, 6.07) is 7.39. The Labute approximate surface area is 195 Å². The zero-order valence-electron chi connectivity index (χ0n) is 18.7. The zero-order chi connectivity index (χ0) is 23.5. The van der Waals surface area contributed by atoms with Crippen LogP contribution in [0.3, 0.4) is 0 Å². The highest BCUT2D eigenvalue weighted by molar-refractivity contribution is 5.89. The molecule has 3 aromatic heterocycles. The lowest BCUT2D eigenvalue weighted by Gasteiger charge is -2.27. The van der Waals surface area contributed by atoms with Crippen molar-refractivity contribution in [2.45, 2.75) is 13.0 Å². The van der Waals surface area contributed by atoms with Crippen molar-refractivity contribution in [2.75, 3.05) is 44.0 Å². The fourth-order valence-corrected chi connectivity index (χ4v) is 3.84. The molecule has 0 saturated carbocycles. The van der Waals surface area contributed by atoms with Crippen LogP contribution < -0.4 is 10.6 Å². The average Bonchev–Trinajstić information content (AvgIpc) is 3.31. The molecule has 0 amide bonds. The third-order valence-electron chi connectivity index (χ3n) is 5.71. The Morgan fingerprint density at radius 3 is 2.53 bits per heavy atom. The van der Waals surface area contributed by atoms with Crippen molar-refractivity contribution in [1.82, 2.24) is 29.5 Å². The van der Waals surface area contributed by atoms with Crippen LogP contribution in [0, 0.1) is 0 Å². The molecule has 2 N–H and O–H groups in total. The maximum Gasteiger partial charge on any atom is 0.337 e. The highest BCUT2D eigenvalue weighted by Crippen LogP contribution is 2.27. The largest absolute Gasteiger partial charge is 0.465 e. The third-order valence-corrected chi connectivity index (χ3v) is 5.71. The summed E-state index contributed by atoms with van der Waals surface area (Å²) >= 11 is 0. The Bertz CT molecular complexity index is 1300. The number of benzene rings is 1. The van der Waals surface area contributed by atoms with E-state index in [1.807, 2.05) is 16.7 Å². The molecule has 0 unspecified atom stereocenters. The summed E-state index contributed by atoms with van der Waals surface area (Å²) in [6.07, 6.45) is 5.81. The first-order valence-corrected chi connectivity index (χ1v) is 10.9. The van der Waals surface area contributed by atoms with Crippen molar-refractivity contribution in [2.24, 2.45) is 0 Å². The highest BCUT2D eigenvalue weighted by atomic mass is 16.5. The molecule has 1 aliphatic heterocycles. The van der Waals surface area contributed by atoms with Gasteiger partial charge < -0.3 is 24.7 Å². The Hall–Kier alpha value is -4.12. The molecule has 4 aromatic rings. The molecule has 1 fully saturated rings. The van der Waals surface area contributed by atoms with Gasteiger partial charge in [0.15, 0.2) is 5.65 Å². The predicted octanol–water partition coefficient (Wildman–Crippen LogP) is 1.73. The van der Waals surface area contributed by atoms with Gasteiger partial charge in [0.05, 0.1) is 32.2 Å². The molecule has 0 atom stereocenters. The number of carbonyl (C=O) groups excluding carboxylic acids is 1. The molecule has 4 heterocycles. The summed E-state index contributed by atoms with van der Waals surface area (Å²) in [5.74, 6) is 0.469. The number of fused-ring (bicyclic) bond motifs is 1. The molecule has 5 rings (SSSR count). The van der Waals surface area contributed by atoms with E-state index >= 15 is 0 Å². The molecular weight excluding hydrogens is 436 g/mol. The molecule has 0 aliphatic carbocycles. The Morgan fingerprint density at radius 2 is 1.82 bits per heavy atom. The number of aromatic nitrogens is 6. The predicted molar refractivity (Wildman–Crippen MR) is 125 cm³/mol. The summed E-state index contributed by atoms with van der Waals surface area (Å²) in [5, 5.41) is 0. The zero-order valence-corrected chi connectivity index (χ0v) is 18.7. The standard InChI is InChI=1S/C23H24N8O3/c1-33-21(32)16-4-2-15(3-5-16)6-7-31-14-27-19-18(17-12-25-22(24)26-13-17)28-23(29-20(19)31)30-8-10-34-11-9-30/h2-5,12-14H,6-11H2,1H3,(H2,24,25,26). The van der Waals surface area contributed by atoms with Crippen molar-refractivity contribution in [3.05, 3.63) is 54.1 Å². The summed E-state index contributed by atoms with van der Waals surface area (Å²) in [6.45, 7) is 3.34. The lowest BCUT2D eigenvalue weighted by Crippen LogP contribution is -2.37. The number of anilines is 2. The van der Waals surface area contributed by atoms with Crippen LogP contribution in [0.4, 0.5) is 11.9 Å². The quantitative estimate of drug-likeness (QED) is 0.424. The van der Waals surface area contributed by atoms with Gasteiger partial charge in [0.2, 0.25) is 11.9 Å². The molecule has 1 saturated heterocycles. The van der Waals surface area contributed by atoms with E-state index in [0.29, 0.717) is 55.6 Å². The smallest absolute Gasteiger partial charge is 0.337 e. The number of nitrogen functional groups attached to an aromatic ring is 1. The second kappa shape index (κ2) is 9.40. The molecule has 11 heteroatoms. The van der Waals surface area contributed by atoms with E-state index in [9.17, 15) is 4.79 Å². The molecule has 0 bridgehead atoms. The van der Waals surface area contributed by atoms with E-state index in [1.165, 1.54) is 7.11 Å². The van der Waals surface area contributed by atoms with Crippen molar-refractivity contribution < 1.29 is 14.3 Å². The van der Waals surface area contributed by atoms with Gasteiger partial charge in [0, 0.05) is 37.6 Å². The molecule has 1 aromatic carbocycles. The number of nitrogens with two attached hydrogens (primary N) is 1. The minimum absolute atomic E-state index is 0.200. The van der Waals surface area contributed by atoms with Crippen molar-refractivity contribution in [3.63, 3.8) is 0 Å². The number of carbonyl (C=O) groups is 1. The summed E-state index contributed by atoms with van der Waals surface area (Å²) in [7, 11) is 1.37. The first-order valence-electron chi connectivity index (χ1n) is 10.9. The first kappa shape index (κ1) is 21.7. The minimum atomic E-state index is -0.348. The Morgan fingerprint density at radius 1 is 1.09 bits per heavy atom. The fourth-order valence-electron chi connectivity index (χ4n) is 3.84. The molecular formula is C23H24N8O3. The second-order valence-corrected chi connectivity index (χ2v) is 7.85. The number of nitrogens with zero attached hydrogens (tertiary/aromatic N) is 7. The topological polar surface area (TPSA) is 134 Å². The van der Waals surface area contributed by atoms with Crippen LogP contribution in [0.5, 0.6) is 0 Å². The van der Waals surface area contributed by atoms with Crippen molar-refractivity contribution in [3.8, 4) is 11.3 Å². The number of ether oxygens (including phenoxy) is 2. The second-order valence-electron chi connectivity index (χ2n) is 7.85. The van der Waals surface area contributed by atoms with Gasteiger partial charge in [-0.25, -0.2) is 24.7 Å². The van der Waals surface area contributed by atoms with Gasteiger partial charge in [0.1, 0.15) is 11.2 Å². The number of imidazole rings is 1. The van der Waals surface area contributed by atoms with Crippen LogP contribution in [-0.2, 0) is 22.4 Å². The van der Waals surface area contributed by atoms with Gasteiger partial charge >= 0.3 is 5.97 Å². The van der Waals surface area contributed by atoms with Crippen LogP contribution in [0.1, 0.15) is 15.9 Å². The van der Waals surface area contributed by atoms with Gasteiger partial charge in [-0.15, -0.1) is 0 Å². The lowest BCUT2D eigenvalue weighted by atomic mass is 10.1. The molecule has 174 valence electrons. The lowest BCUT2D eigenvalue weighted by molar-refractivity contribution is 0.0600. The normalized spacial score (nSPS) is 13.9. The van der Waals surface area contributed by atoms with Crippen molar-refractivity contribution >= 4 is 29.0 Å². The molecule has 11 nitrogen and oxygen atoms in total. The molecule has 0 radical (unpaired) electrons. The third kappa shape index (κ3) is 4.37. The number of methoxy groups -OCH3 is 1. The van der Waals surface area contributed by atoms with Crippen LogP contribution in [0.25, 0.3) is 22.4 Å². The van der Waals surface area contributed by atoms with Gasteiger partial charge in [-0.2, -0.15) is 4.98 Å². The number of esters is 1. The average molecular weight is 460 g/mol. The summed E-state index contributed by atoms with van der Waals surface area (Å²) < 4.78 is 12.3. The van der Waals surface area contributed by atoms with Crippen LogP contribution in [0.2, 0.25) is 0 Å². The van der Waals surface area contributed by atoms with E-state index < -0.39 is 0 Å². The van der Waals surface area contributed by atoms with Gasteiger partial charge in [-0.05, 0) is 24.1 Å². The number of aryl methyl sites for hydroxylation is 2. The van der Waals surface area contributed by atoms with E-state index in [0.717, 1.165) is 23.2 Å². The van der Waals surface area contributed by atoms with E-state index in [-0.39, 0.29) is 11.9 Å². The monoisotopic (exact) mass is 460 g/mol. The van der Waals surface area contributed by atoms with Gasteiger partial charge in [-0.1, -0.05) is 12.1 Å². The number of hydrogen-bond acceptors (Lipinski definition) is 10. The van der Waals surface area contributed by atoms with Crippen LogP contribution in [-0.4, -0.2) is 68.9 Å². The van der Waals surface area contributed by atoms with Crippen LogP contribution in [0.15, 0.2) is 43.0 Å². The Balaban J connectivity index is 1.48. The van der Waals surface area contributed by atoms with E-state index in [2.05, 4.69) is 19.9 Å². The molecule has 34 heavy (non-hydrogen) atoms. The molecule has 1 aliphatic rings. The maximum atomic E-state index is 11.7. The summed E-state index contributed by atoms with van der Waals surface area (Å²) in [4.78, 5) is 36.3. The number of rotatable bonds is 6. The fraction of sp³-hybridized carbons (Fsp3) is 0.304. The Kier molecular flexibility index (Phi) is 6.00. The first-order chi connectivity index (χ1) is 16.6. The van der Waals surface area contributed by atoms with Gasteiger partial charge in [0.25, 0.3) is 0 Å².